The highest BCUT2D eigenvalue weighted by Crippen LogP contribution is 2.29. The Bertz CT molecular complexity index is 458. The lowest BCUT2D eigenvalue weighted by Crippen LogP contribution is -1.75. The van der Waals surface area contributed by atoms with Crippen LogP contribution in [0.15, 0.2) is 63.2 Å². The van der Waals surface area contributed by atoms with Gasteiger partial charge in [0.05, 0.1) is 0 Å². The Labute approximate surface area is 139 Å². The van der Waals surface area contributed by atoms with Gasteiger partial charge in [0, 0.05) is 14.7 Å². The molecule has 0 spiro atoms. The number of aryl methyl sites for hydroxylation is 1. The third-order valence-corrected chi connectivity index (χ3v) is 4.08. The molecule has 0 aromatic heterocycles. The van der Waals surface area contributed by atoms with Crippen molar-refractivity contribution in [1.82, 2.24) is 0 Å². The Balaban J connectivity index is 0.000000713. The molecule has 0 fully saturated rings. The first-order valence-electron chi connectivity index (χ1n) is 7.58. The van der Waals surface area contributed by atoms with Crippen LogP contribution in [0.1, 0.15) is 39.7 Å². The molecule has 0 radical (unpaired) electrons. The van der Waals surface area contributed by atoms with Gasteiger partial charge in [-0.15, -0.1) is 11.8 Å². The highest BCUT2D eigenvalue weighted by molar-refractivity contribution is 7.99. The van der Waals surface area contributed by atoms with E-state index in [1.807, 2.05) is 13.8 Å². The van der Waals surface area contributed by atoms with Crippen LogP contribution in [0.5, 0.6) is 0 Å². The molecule has 0 unspecified atom stereocenters. The molecule has 0 aliphatic rings. The summed E-state index contributed by atoms with van der Waals surface area (Å²) in [5, 5.41) is 0. The lowest BCUT2D eigenvalue weighted by atomic mass is 10.2. The van der Waals surface area contributed by atoms with Gasteiger partial charge in [0.1, 0.15) is 0 Å². The monoisotopic (exact) mass is 320 g/mol. The van der Waals surface area contributed by atoms with Crippen molar-refractivity contribution in [3.8, 4) is 0 Å². The van der Waals surface area contributed by atoms with Crippen molar-refractivity contribution in [3.63, 3.8) is 0 Å². The minimum Gasteiger partial charge on any atom is -0.130 e. The maximum absolute atomic E-state index is 2.18. The summed E-state index contributed by atoms with van der Waals surface area (Å²) in [5.74, 6) is 0. The van der Waals surface area contributed by atoms with Crippen molar-refractivity contribution in [2.45, 2.75) is 55.7 Å². The third-order valence-electron chi connectivity index (χ3n) is 2.32. The molecule has 0 saturated carbocycles. The van der Waals surface area contributed by atoms with Gasteiger partial charge in [-0.25, -0.2) is 0 Å². The Kier molecular flexibility index (Phi) is 12.3. The van der Waals surface area contributed by atoms with Gasteiger partial charge in [0.2, 0.25) is 0 Å². The largest absolute Gasteiger partial charge is 0.130 e. The first-order valence-corrected chi connectivity index (χ1v) is 9.62. The van der Waals surface area contributed by atoms with E-state index in [1.165, 1.54) is 26.7 Å². The van der Waals surface area contributed by atoms with E-state index >= 15 is 0 Å². The maximum atomic E-state index is 2.18. The molecule has 0 atom stereocenters. The van der Waals surface area contributed by atoms with Gasteiger partial charge in [0.15, 0.2) is 0 Å². The summed E-state index contributed by atoms with van der Waals surface area (Å²) >= 11 is 3.58. The van der Waals surface area contributed by atoms with Crippen LogP contribution in [0.4, 0.5) is 0 Å². The average Bonchev–Trinajstić information content (AvgIpc) is 2.53. The predicted molar refractivity (Wildman–Crippen MR) is 101 cm³/mol. The second kappa shape index (κ2) is 12.8. The zero-order chi connectivity index (χ0) is 16.1. The standard InChI is InChI=1S/C14H14S2.C3H8.C2H6/c1-11-3-5-13(6-4-11)16-14-9-7-12(15-2)8-10-14;1-3-2;1-2/h3-10H,1-2H3;3H2,1-2H3;1-2H3. The maximum Gasteiger partial charge on any atom is 0.0123 e. The summed E-state index contributed by atoms with van der Waals surface area (Å²) in [4.78, 5) is 3.90. The van der Waals surface area contributed by atoms with E-state index in [-0.39, 0.29) is 0 Å². The Morgan fingerprint density at radius 3 is 1.43 bits per heavy atom. The van der Waals surface area contributed by atoms with Crippen molar-refractivity contribution >= 4 is 23.5 Å². The normalized spacial score (nSPS) is 9.05. The third kappa shape index (κ3) is 8.90. The van der Waals surface area contributed by atoms with Crippen molar-refractivity contribution in [3.05, 3.63) is 54.1 Å². The van der Waals surface area contributed by atoms with Gasteiger partial charge in [-0.3, -0.25) is 0 Å². The molecule has 0 amide bonds. The summed E-state index contributed by atoms with van der Waals surface area (Å²) in [7, 11) is 0. The van der Waals surface area contributed by atoms with Crippen LogP contribution < -0.4 is 0 Å². The van der Waals surface area contributed by atoms with Crippen LogP contribution in [-0.4, -0.2) is 6.26 Å². The highest BCUT2D eigenvalue weighted by Gasteiger charge is 1.97. The molecule has 21 heavy (non-hydrogen) atoms. The SMILES string of the molecule is CC.CCC.CSc1ccc(Sc2ccc(C)cc2)cc1. The van der Waals surface area contributed by atoms with Crippen LogP contribution in [0.25, 0.3) is 0 Å². The van der Waals surface area contributed by atoms with E-state index in [9.17, 15) is 0 Å². The Morgan fingerprint density at radius 2 is 1.05 bits per heavy atom. The quantitative estimate of drug-likeness (QED) is 0.544. The van der Waals surface area contributed by atoms with E-state index in [2.05, 4.69) is 75.6 Å². The van der Waals surface area contributed by atoms with Crippen LogP contribution in [0.3, 0.4) is 0 Å². The van der Waals surface area contributed by atoms with E-state index in [4.69, 9.17) is 0 Å². The summed E-state index contributed by atoms with van der Waals surface area (Å²) in [6.45, 7) is 10.4. The molecule has 2 heteroatoms. The topological polar surface area (TPSA) is 0 Å². The Morgan fingerprint density at radius 1 is 0.714 bits per heavy atom. The number of hydrogen-bond donors (Lipinski definition) is 0. The van der Waals surface area contributed by atoms with E-state index in [0.717, 1.165) is 0 Å². The number of hydrogen-bond acceptors (Lipinski definition) is 2. The highest BCUT2D eigenvalue weighted by atomic mass is 32.2. The van der Waals surface area contributed by atoms with Crippen LogP contribution in [0, 0.1) is 6.92 Å². The fourth-order valence-corrected chi connectivity index (χ4v) is 2.61. The molecule has 0 heterocycles. The van der Waals surface area contributed by atoms with Gasteiger partial charge in [0.25, 0.3) is 0 Å². The van der Waals surface area contributed by atoms with Gasteiger partial charge >= 0.3 is 0 Å². The van der Waals surface area contributed by atoms with E-state index < -0.39 is 0 Å². The summed E-state index contributed by atoms with van der Waals surface area (Å²) < 4.78 is 0. The van der Waals surface area contributed by atoms with Crippen LogP contribution >= 0.6 is 23.5 Å². The van der Waals surface area contributed by atoms with Crippen LogP contribution in [-0.2, 0) is 0 Å². The second-order valence-corrected chi connectivity index (χ2v) is 6.32. The van der Waals surface area contributed by atoms with Gasteiger partial charge in [-0.2, -0.15) is 0 Å². The van der Waals surface area contributed by atoms with Gasteiger partial charge in [-0.1, -0.05) is 63.6 Å². The molecular weight excluding hydrogens is 292 g/mol. The minimum absolute atomic E-state index is 1.25. The van der Waals surface area contributed by atoms with Gasteiger partial charge < -0.3 is 0 Å². The molecule has 0 saturated heterocycles. The first-order chi connectivity index (χ1) is 10.2. The molecule has 0 N–H and O–H groups in total. The van der Waals surface area contributed by atoms with Crippen molar-refractivity contribution in [2.75, 3.05) is 6.26 Å². The van der Waals surface area contributed by atoms with Gasteiger partial charge in [-0.05, 0) is 49.6 Å². The molecule has 2 aromatic rings. The fraction of sp³-hybridized carbons (Fsp3) is 0.368. The van der Waals surface area contributed by atoms with Crippen molar-refractivity contribution < 1.29 is 0 Å². The molecular formula is C19H28S2. The zero-order valence-electron chi connectivity index (χ0n) is 14.1. The molecule has 116 valence electrons. The lowest BCUT2D eigenvalue weighted by molar-refractivity contribution is 1.09. The van der Waals surface area contributed by atoms with E-state index in [0.29, 0.717) is 0 Å². The van der Waals surface area contributed by atoms with Crippen molar-refractivity contribution in [1.29, 1.82) is 0 Å². The molecule has 0 aliphatic heterocycles. The number of thioether (sulfide) groups is 1. The Hall–Kier alpha value is -0.860. The number of rotatable bonds is 3. The fourth-order valence-electron chi connectivity index (χ4n) is 1.39. The van der Waals surface area contributed by atoms with Crippen molar-refractivity contribution in [2.24, 2.45) is 0 Å². The predicted octanol–water partition coefficient (Wildman–Crippen LogP) is 7.31. The molecule has 0 aliphatic carbocycles. The molecule has 0 nitrogen and oxygen atoms in total. The summed E-state index contributed by atoms with van der Waals surface area (Å²) in [6.07, 6.45) is 3.35. The smallest absolute Gasteiger partial charge is 0.0123 e. The molecule has 2 aromatic carbocycles. The zero-order valence-corrected chi connectivity index (χ0v) is 15.8. The van der Waals surface area contributed by atoms with E-state index in [1.54, 1.807) is 23.5 Å². The average molecular weight is 321 g/mol. The number of benzene rings is 2. The lowest BCUT2D eigenvalue weighted by Gasteiger charge is -2.03. The summed E-state index contributed by atoms with van der Waals surface area (Å²) in [5.41, 5.74) is 1.31. The second-order valence-electron chi connectivity index (χ2n) is 4.30. The first kappa shape index (κ1) is 20.1. The van der Waals surface area contributed by atoms with Crippen LogP contribution in [0.2, 0.25) is 0 Å². The minimum atomic E-state index is 1.25. The summed E-state index contributed by atoms with van der Waals surface area (Å²) in [6, 6.07) is 17.3. The molecule has 2 rings (SSSR count). The molecule has 0 bridgehead atoms.